The van der Waals surface area contributed by atoms with Crippen LogP contribution < -0.4 is 10.3 Å². The molecule has 0 amide bonds. The van der Waals surface area contributed by atoms with Crippen LogP contribution in [0.5, 0.6) is 0 Å². The van der Waals surface area contributed by atoms with Crippen molar-refractivity contribution in [2.24, 2.45) is 0 Å². The summed E-state index contributed by atoms with van der Waals surface area (Å²) in [6, 6.07) is 22.3. The Hall–Kier alpha value is -1.82. The molecule has 3 rings (SSSR count). The number of nitrogens with zero attached hydrogens (tertiary/aromatic N) is 1. The summed E-state index contributed by atoms with van der Waals surface area (Å²) in [5.74, 6) is 0. The van der Waals surface area contributed by atoms with E-state index in [-0.39, 0.29) is 5.43 Å². The van der Waals surface area contributed by atoms with E-state index in [1.54, 1.807) is 12.1 Å². The van der Waals surface area contributed by atoms with Gasteiger partial charge in [-0.15, -0.1) is 0 Å². The van der Waals surface area contributed by atoms with Gasteiger partial charge in [0, 0.05) is 0 Å². The normalized spacial score (nSPS) is 10.5. The summed E-state index contributed by atoms with van der Waals surface area (Å²) in [5, 5.41) is 0. The van der Waals surface area contributed by atoms with Crippen molar-refractivity contribution in [1.82, 2.24) is 0 Å². The molecule has 0 radical (unpaired) electrons. The summed E-state index contributed by atoms with van der Waals surface area (Å²) in [5.41, 5.74) is 3.62. The van der Waals surface area contributed by atoms with Gasteiger partial charge < -0.3 is 0 Å². The molecule has 2 nitrogen and oxygen atoms in total. The number of anilines is 1. The van der Waals surface area contributed by atoms with E-state index in [1.165, 1.54) is 24.0 Å². The summed E-state index contributed by atoms with van der Waals surface area (Å²) in [4.78, 5) is 14.1. The fourth-order valence-corrected chi connectivity index (χ4v) is 5.41. The van der Waals surface area contributed by atoms with Gasteiger partial charge in [0.25, 0.3) is 0 Å². The average Bonchev–Trinajstić information content (AvgIpc) is 2.55. The standard InChI is InChI=1S/C19H17NOTe/c1-20(2)16-10-8-15(9-11-16)19-13-17(21)12-18(22-19)14-6-4-3-5-7-14/h3-13H,1-2H3. The zero-order valence-electron chi connectivity index (χ0n) is 12.6. The number of hydrogen-bond donors (Lipinski definition) is 0. The van der Waals surface area contributed by atoms with Gasteiger partial charge >= 0.3 is 140 Å². The third kappa shape index (κ3) is 3.32. The molecule has 2 aromatic carbocycles. The van der Waals surface area contributed by atoms with Gasteiger partial charge in [0.1, 0.15) is 0 Å². The van der Waals surface area contributed by atoms with Crippen LogP contribution in [-0.4, -0.2) is 34.5 Å². The van der Waals surface area contributed by atoms with E-state index in [2.05, 4.69) is 41.3 Å². The number of benzene rings is 2. The molecule has 0 aliphatic carbocycles. The van der Waals surface area contributed by atoms with Crippen LogP contribution in [0.15, 0.2) is 71.5 Å². The first-order valence-corrected chi connectivity index (χ1v) is 9.45. The van der Waals surface area contributed by atoms with Crippen molar-refractivity contribution in [3.63, 3.8) is 0 Å². The van der Waals surface area contributed by atoms with Crippen LogP contribution in [-0.2, 0) is 0 Å². The van der Waals surface area contributed by atoms with Crippen molar-refractivity contribution < 1.29 is 0 Å². The molecule has 0 N–H and O–H groups in total. The average molecular weight is 403 g/mol. The predicted octanol–water partition coefficient (Wildman–Crippen LogP) is 3.50. The molecule has 22 heavy (non-hydrogen) atoms. The van der Waals surface area contributed by atoms with Gasteiger partial charge in [-0.1, -0.05) is 0 Å². The Kier molecular flexibility index (Phi) is 4.47. The first-order valence-electron chi connectivity index (χ1n) is 7.12. The molecule has 0 aliphatic rings. The monoisotopic (exact) mass is 405 g/mol. The Balaban J connectivity index is 2.04. The molecule has 0 atom stereocenters. The van der Waals surface area contributed by atoms with Gasteiger partial charge in [-0.05, 0) is 0 Å². The summed E-state index contributed by atoms with van der Waals surface area (Å²) in [6.07, 6.45) is 0. The quantitative estimate of drug-likeness (QED) is 0.625. The topological polar surface area (TPSA) is 20.3 Å². The van der Waals surface area contributed by atoms with Crippen molar-refractivity contribution in [3.05, 3.63) is 77.0 Å². The van der Waals surface area contributed by atoms with E-state index in [1.807, 2.05) is 32.3 Å². The Morgan fingerprint density at radius 1 is 0.773 bits per heavy atom. The molecule has 1 aromatic heterocycles. The van der Waals surface area contributed by atoms with Gasteiger partial charge in [-0.25, -0.2) is 0 Å². The van der Waals surface area contributed by atoms with E-state index in [9.17, 15) is 4.79 Å². The minimum atomic E-state index is -0.545. The van der Waals surface area contributed by atoms with Crippen molar-refractivity contribution in [2.75, 3.05) is 19.0 Å². The van der Waals surface area contributed by atoms with Crippen LogP contribution in [0.3, 0.4) is 0 Å². The Bertz CT molecular complexity index is 820. The van der Waals surface area contributed by atoms with Gasteiger partial charge in [0.05, 0.1) is 0 Å². The Morgan fingerprint density at radius 3 is 1.86 bits per heavy atom. The number of hydrogen-bond acceptors (Lipinski definition) is 2. The fraction of sp³-hybridized carbons (Fsp3) is 0.105. The zero-order valence-corrected chi connectivity index (χ0v) is 14.9. The van der Waals surface area contributed by atoms with Crippen LogP contribution in [0.2, 0.25) is 0 Å². The molecular formula is C19H17NOTe. The van der Waals surface area contributed by atoms with Crippen molar-refractivity contribution in [3.8, 4) is 18.3 Å². The molecule has 0 aliphatic heterocycles. The Morgan fingerprint density at radius 2 is 1.32 bits per heavy atom. The second-order valence-electron chi connectivity index (χ2n) is 5.33. The predicted molar refractivity (Wildman–Crippen MR) is 94.9 cm³/mol. The summed E-state index contributed by atoms with van der Waals surface area (Å²) >= 11 is -0.545. The summed E-state index contributed by atoms with van der Waals surface area (Å²) in [7, 11) is 4.06. The van der Waals surface area contributed by atoms with Crippen LogP contribution in [0.25, 0.3) is 18.3 Å². The van der Waals surface area contributed by atoms with Crippen molar-refractivity contribution in [1.29, 1.82) is 0 Å². The van der Waals surface area contributed by atoms with E-state index >= 15 is 0 Å². The Labute approximate surface area is 140 Å². The third-order valence-corrected chi connectivity index (χ3v) is 6.77. The van der Waals surface area contributed by atoms with Crippen LogP contribution >= 0.6 is 0 Å². The van der Waals surface area contributed by atoms with E-state index in [4.69, 9.17) is 0 Å². The molecule has 0 unspecified atom stereocenters. The molecule has 0 spiro atoms. The fourth-order valence-electron chi connectivity index (χ4n) is 2.29. The first kappa shape index (κ1) is 15.1. The van der Waals surface area contributed by atoms with Gasteiger partial charge in [0.15, 0.2) is 0 Å². The van der Waals surface area contributed by atoms with Crippen LogP contribution in [0, 0.1) is 0 Å². The SMILES string of the molecule is CN(C)c1ccc(-c2cc(=O)cc(-c3ccccc3)[te]2)cc1. The minimum absolute atomic E-state index is 0.0990. The first-order chi connectivity index (χ1) is 10.6. The maximum absolute atomic E-state index is 12.1. The third-order valence-electron chi connectivity index (χ3n) is 3.49. The molecule has 0 fully saturated rings. The summed E-state index contributed by atoms with van der Waals surface area (Å²) < 4.78 is 2.42. The van der Waals surface area contributed by atoms with Crippen LogP contribution in [0.1, 0.15) is 0 Å². The zero-order chi connectivity index (χ0) is 15.5. The van der Waals surface area contributed by atoms with Crippen LogP contribution in [0.4, 0.5) is 5.69 Å². The van der Waals surface area contributed by atoms with Crippen molar-refractivity contribution in [2.45, 2.75) is 0 Å². The molecule has 110 valence electrons. The van der Waals surface area contributed by atoms with Gasteiger partial charge in [-0.2, -0.15) is 0 Å². The molecular weight excluding hydrogens is 386 g/mol. The van der Waals surface area contributed by atoms with E-state index in [0.29, 0.717) is 0 Å². The van der Waals surface area contributed by atoms with Crippen molar-refractivity contribution >= 4 is 26.1 Å². The second kappa shape index (κ2) is 6.52. The summed E-state index contributed by atoms with van der Waals surface area (Å²) in [6.45, 7) is 0. The second-order valence-corrected chi connectivity index (χ2v) is 8.42. The van der Waals surface area contributed by atoms with E-state index < -0.39 is 20.4 Å². The van der Waals surface area contributed by atoms with E-state index in [0.717, 1.165) is 0 Å². The molecule has 1 heterocycles. The molecule has 0 bridgehead atoms. The molecule has 3 aromatic rings. The maximum atomic E-state index is 12.1. The van der Waals surface area contributed by atoms with Gasteiger partial charge in [-0.3, -0.25) is 0 Å². The number of rotatable bonds is 3. The molecule has 0 saturated carbocycles. The van der Waals surface area contributed by atoms with Gasteiger partial charge in [0.2, 0.25) is 0 Å². The molecule has 3 heteroatoms. The molecule has 0 saturated heterocycles.